The van der Waals surface area contributed by atoms with Crippen molar-refractivity contribution in [2.24, 2.45) is 23.0 Å². The van der Waals surface area contributed by atoms with Gasteiger partial charge in [-0.2, -0.15) is 0 Å². The number of nitrogens with zero attached hydrogens (tertiary/aromatic N) is 4. The average molecular weight is 691 g/mol. The highest BCUT2D eigenvalue weighted by atomic mass is 16.5. The molecule has 3 atom stereocenters. The summed E-state index contributed by atoms with van der Waals surface area (Å²) in [5, 5.41) is 2.86. The molecule has 3 fully saturated rings. The zero-order chi connectivity index (χ0) is 35.9. The molecule has 4 aromatic rings. The number of aromatic amines is 2. The first-order valence-corrected chi connectivity index (χ1v) is 18.2. The van der Waals surface area contributed by atoms with E-state index in [1.54, 1.807) is 0 Å². The number of hydrogen-bond acceptors (Lipinski definition) is 7. The summed E-state index contributed by atoms with van der Waals surface area (Å²) < 4.78 is 4.82. The maximum atomic E-state index is 13.3. The zero-order valence-electron chi connectivity index (χ0n) is 30.3. The van der Waals surface area contributed by atoms with Crippen LogP contribution in [0.3, 0.4) is 0 Å². The molecule has 0 bridgehead atoms. The second-order valence-corrected chi connectivity index (χ2v) is 15.2. The summed E-state index contributed by atoms with van der Waals surface area (Å²) in [6, 6.07) is 16.6. The molecule has 11 heteroatoms. The highest BCUT2D eigenvalue weighted by Gasteiger charge is 2.54. The van der Waals surface area contributed by atoms with Gasteiger partial charge < -0.3 is 30.2 Å². The Morgan fingerprint density at radius 1 is 0.902 bits per heavy atom. The number of carbonyl (C=O) groups excluding carboxylic acids is 2. The van der Waals surface area contributed by atoms with Crippen molar-refractivity contribution in [2.45, 2.75) is 77.9 Å². The number of amides is 2. The van der Waals surface area contributed by atoms with Crippen LogP contribution in [-0.2, 0) is 9.53 Å². The lowest BCUT2D eigenvalue weighted by atomic mass is 10.0. The molecule has 5 N–H and O–H groups in total. The molecule has 2 aromatic heterocycles. The number of likely N-dealkylation sites (tertiary alicyclic amines) is 2. The summed E-state index contributed by atoms with van der Waals surface area (Å²) in [6.45, 7) is 9.77. The van der Waals surface area contributed by atoms with Gasteiger partial charge >= 0.3 is 6.09 Å². The molecule has 7 rings (SSSR count). The van der Waals surface area contributed by atoms with E-state index in [1.165, 1.54) is 20.0 Å². The molecule has 11 nitrogen and oxygen atoms in total. The van der Waals surface area contributed by atoms with Gasteiger partial charge in [0.2, 0.25) is 5.91 Å². The van der Waals surface area contributed by atoms with Crippen LogP contribution in [0.25, 0.3) is 33.6 Å². The Morgan fingerprint density at radius 3 is 1.96 bits per heavy atom. The number of aromatic nitrogens is 4. The lowest BCUT2D eigenvalue weighted by molar-refractivity contribution is -0.134. The number of ether oxygens (including phenoxy) is 1. The van der Waals surface area contributed by atoms with E-state index < -0.39 is 12.1 Å². The fraction of sp³-hybridized carbons (Fsp3) is 0.450. The molecule has 2 amide bonds. The Bertz CT molecular complexity index is 1890. The summed E-state index contributed by atoms with van der Waals surface area (Å²) in [6.07, 6.45) is 10.7. The van der Waals surface area contributed by atoms with Crippen LogP contribution in [-0.4, -0.2) is 68.0 Å². The Labute approximate surface area is 300 Å². The fourth-order valence-corrected chi connectivity index (χ4v) is 7.45. The largest absolute Gasteiger partial charge is 0.453 e. The van der Waals surface area contributed by atoms with Crippen LogP contribution in [0.4, 0.5) is 4.79 Å². The van der Waals surface area contributed by atoms with E-state index in [0.717, 1.165) is 83.3 Å². The van der Waals surface area contributed by atoms with Crippen molar-refractivity contribution < 1.29 is 14.3 Å². The molecule has 1 saturated carbocycles. The Hall–Kier alpha value is -4.90. The van der Waals surface area contributed by atoms with Gasteiger partial charge in [0.1, 0.15) is 11.6 Å². The van der Waals surface area contributed by atoms with Crippen molar-refractivity contribution >= 4 is 12.0 Å². The lowest BCUT2D eigenvalue weighted by Crippen LogP contribution is -2.46. The number of imidazole rings is 2. The first kappa shape index (κ1) is 34.5. The Kier molecular flexibility index (Phi) is 9.50. The van der Waals surface area contributed by atoms with Crippen molar-refractivity contribution in [3.05, 3.63) is 84.5 Å². The SMILES string of the molecule is COC(=O)NC(=CN1CCCC1c1ncc(-c2ccc(-c3ccc(-c4cnc(C5CC6(CC6)CN5C(=O)C(N)C(C)C)[nH]4)cc3)cc2)[nH]1)C(C)C. The second kappa shape index (κ2) is 14.0. The minimum Gasteiger partial charge on any atom is -0.453 e. The predicted molar refractivity (Wildman–Crippen MR) is 198 cm³/mol. The monoisotopic (exact) mass is 690 g/mol. The van der Waals surface area contributed by atoms with Crippen LogP contribution in [0.1, 0.15) is 83.5 Å². The third-order valence-corrected chi connectivity index (χ3v) is 11.0. The van der Waals surface area contributed by atoms with Crippen LogP contribution in [0.15, 0.2) is 72.8 Å². The molecule has 2 aromatic carbocycles. The van der Waals surface area contributed by atoms with Crippen LogP contribution in [0.5, 0.6) is 0 Å². The molecule has 3 unspecified atom stereocenters. The molecule has 3 aliphatic rings. The minimum atomic E-state index is -0.498. The standard InChI is InChI=1S/C40H50N8O3/c1-24(2)32(46-39(50)51-5)22-47-18-6-7-33(47)36-42-20-30(44-36)28-12-8-26(9-13-28)27-10-14-29(15-11-27)31-21-43-37(45-31)34-19-40(16-17-40)23-48(34)38(49)35(41)25(3)4/h8-15,20-22,24-25,33-35H,6-7,16-19,23,41H2,1-5H3,(H,42,44)(H,43,45)(H,46,50). The van der Waals surface area contributed by atoms with Crippen LogP contribution >= 0.6 is 0 Å². The van der Waals surface area contributed by atoms with Crippen LogP contribution in [0, 0.1) is 17.3 Å². The van der Waals surface area contributed by atoms with Gasteiger partial charge in [-0.05, 0) is 71.6 Å². The summed E-state index contributed by atoms with van der Waals surface area (Å²) >= 11 is 0. The van der Waals surface area contributed by atoms with E-state index >= 15 is 0 Å². The number of carbonyl (C=O) groups is 2. The van der Waals surface area contributed by atoms with Gasteiger partial charge in [-0.1, -0.05) is 76.2 Å². The number of hydrogen-bond donors (Lipinski definition) is 4. The lowest BCUT2D eigenvalue weighted by Gasteiger charge is -2.27. The molecule has 4 heterocycles. The number of benzene rings is 2. The van der Waals surface area contributed by atoms with Crippen molar-refractivity contribution in [1.29, 1.82) is 0 Å². The van der Waals surface area contributed by atoms with Crippen molar-refractivity contribution in [3.63, 3.8) is 0 Å². The molecule has 2 saturated heterocycles. The number of nitrogens with two attached hydrogens (primary N) is 1. The summed E-state index contributed by atoms with van der Waals surface area (Å²) in [7, 11) is 1.37. The molecule has 1 spiro atoms. The van der Waals surface area contributed by atoms with Gasteiger partial charge in [0, 0.05) is 25.0 Å². The number of methoxy groups -OCH3 is 1. The van der Waals surface area contributed by atoms with E-state index in [9.17, 15) is 9.59 Å². The van der Waals surface area contributed by atoms with E-state index in [2.05, 4.69) is 68.7 Å². The molecule has 268 valence electrons. The first-order valence-electron chi connectivity index (χ1n) is 18.2. The van der Waals surface area contributed by atoms with Crippen molar-refractivity contribution in [1.82, 2.24) is 35.1 Å². The van der Waals surface area contributed by atoms with E-state index in [-0.39, 0.29) is 35.2 Å². The number of H-pyrrole nitrogens is 2. The second-order valence-electron chi connectivity index (χ2n) is 15.2. The van der Waals surface area contributed by atoms with E-state index in [0.29, 0.717) is 0 Å². The maximum Gasteiger partial charge on any atom is 0.411 e. The van der Waals surface area contributed by atoms with Crippen molar-refractivity contribution in [3.8, 4) is 33.6 Å². The number of nitrogens with one attached hydrogen (secondary N) is 3. The average Bonchev–Trinajstić information content (AvgIpc) is 3.65. The minimum absolute atomic E-state index is 0.0278. The first-order chi connectivity index (χ1) is 24.5. The summed E-state index contributed by atoms with van der Waals surface area (Å²) in [5.41, 5.74) is 13.6. The smallest absolute Gasteiger partial charge is 0.411 e. The molecule has 2 aliphatic heterocycles. The van der Waals surface area contributed by atoms with Crippen LogP contribution < -0.4 is 11.1 Å². The van der Waals surface area contributed by atoms with Crippen LogP contribution in [0.2, 0.25) is 0 Å². The molecule has 0 radical (unpaired) electrons. The Morgan fingerprint density at radius 2 is 1.45 bits per heavy atom. The zero-order valence-corrected chi connectivity index (χ0v) is 30.3. The third kappa shape index (κ3) is 7.17. The molecule has 51 heavy (non-hydrogen) atoms. The number of alkyl carbamates (subject to hydrolysis) is 1. The summed E-state index contributed by atoms with van der Waals surface area (Å²) in [4.78, 5) is 46.1. The van der Waals surface area contributed by atoms with Gasteiger partial charge in [0.15, 0.2) is 0 Å². The quantitative estimate of drug-likeness (QED) is 0.138. The molecule has 1 aliphatic carbocycles. The normalized spacial score (nSPS) is 20.4. The fourth-order valence-electron chi connectivity index (χ4n) is 7.45. The van der Waals surface area contributed by atoms with Crippen molar-refractivity contribution in [2.75, 3.05) is 20.2 Å². The topological polar surface area (TPSA) is 145 Å². The number of rotatable bonds is 10. The number of allylic oxidation sites excluding steroid dienone is 1. The highest BCUT2D eigenvalue weighted by molar-refractivity contribution is 5.83. The van der Waals surface area contributed by atoms with Gasteiger partial charge in [-0.25, -0.2) is 14.8 Å². The van der Waals surface area contributed by atoms with E-state index in [4.69, 9.17) is 20.4 Å². The maximum absolute atomic E-state index is 13.3. The summed E-state index contributed by atoms with van der Waals surface area (Å²) in [5.74, 6) is 2.02. The van der Waals surface area contributed by atoms with Gasteiger partial charge in [-0.15, -0.1) is 0 Å². The van der Waals surface area contributed by atoms with Gasteiger partial charge in [-0.3, -0.25) is 10.1 Å². The molecular formula is C40H50N8O3. The Balaban J connectivity index is 1.02. The van der Waals surface area contributed by atoms with E-state index in [1.807, 2.05) is 51.2 Å². The molecular weight excluding hydrogens is 640 g/mol. The third-order valence-electron chi connectivity index (χ3n) is 11.0. The highest BCUT2D eigenvalue weighted by Crippen LogP contribution is 2.58. The predicted octanol–water partition coefficient (Wildman–Crippen LogP) is 7.16. The van der Waals surface area contributed by atoms with Gasteiger partial charge in [0.05, 0.1) is 49.0 Å². The van der Waals surface area contributed by atoms with Gasteiger partial charge in [0.25, 0.3) is 0 Å².